The van der Waals surface area contributed by atoms with Crippen LogP contribution in [0, 0.1) is 0 Å². The highest BCUT2D eigenvalue weighted by Crippen LogP contribution is 2.46. The number of carboxylic acids is 3. The Morgan fingerprint density at radius 2 is 1.23 bits per heavy atom. The lowest BCUT2D eigenvalue weighted by Gasteiger charge is -2.40. The molecule has 1 fully saturated rings. The van der Waals surface area contributed by atoms with Gasteiger partial charge in [0.1, 0.15) is 30.7 Å². The van der Waals surface area contributed by atoms with Gasteiger partial charge in [-0.05, 0) is 45.1 Å². The molecule has 1 saturated heterocycles. The number of nitrogens with one attached hydrogen (secondary N) is 2. The fourth-order valence-corrected chi connectivity index (χ4v) is 11.0. The third kappa shape index (κ3) is 11.3. The number of hydrogen-bond acceptors (Lipinski definition) is 13. The molecule has 0 spiro atoms. The number of aliphatic hydroxyl groups excluding tert-OH is 1. The zero-order valence-corrected chi connectivity index (χ0v) is 39.0. The van der Waals surface area contributed by atoms with Crippen molar-refractivity contribution in [3.63, 3.8) is 0 Å². The average Bonchev–Trinajstić information content (AvgIpc) is 3.22. The van der Waals surface area contributed by atoms with E-state index in [1.807, 2.05) is 31.1 Å². The first-order valence-electron chi connectivity index (χ1n) is 21.0. The summed E-state index contributed by atoms with van der Waals surface area (Å²) in [6.45, 7) is 8.41. The number of anilines is 1. The van der Waals surface area contributed by atoms with Crippen molar-refractivity contribution in [3.05, 3.63) is 48.7 Å². The van der Waals surface area contributed by atoms with E-state index < -0.39 is 62.9 Å². The molecule has 21 heteroatoms. The predicted octanol–water partition coefficient (Wildman–Crippen LogP) is 2.46. The van der Waals surface area contributed by atoms with Crippen LogP contribution in [-0.4, -0.2) is 193 Å². The van der Waals surface area contributed by atoms with E-state index in [4.69, 9.17) is 9.84 Å². The summed E-state index contributed by atoms with van der Waals surface area (Å²) < 4.78 is 68.5. The molecule has 1 aliphatic heterocycles. The zero-order valence-electron chi connectivity index (χ0n) is 37.3. The van der Waals surface area contributed by atoms with Crippen LogP contribution in [0.2, 0.25) is 0 Å². The highest BCUT2D eigenvalue weighted by atomic mass is 32.2. The fraction of sp³-hybridized carbons (Fsp3) is 0.512. The van der Waals surface area contributed by atoms with Crippen LogP contribution in [0.15, 0.2) is 58.5 Å². The summed E-state index contributed by atoms with van der Waals surface area (Å²) in [5.74, 6) is -3.63. The monoisotopic (exact) mass is 932 g/mol. The molecule has 4 aromatic rings. The van der Waals surface area contributed by atoms with E-state index >= 15 is 0 Å². The minimum Gasteiger partial charge on any atom is -0.511 e. The van der Waals surface area contributed by atoms with Gasteiger partial charge in [-0.3, -0.25) is 19.3 Å². The number of nitrogens with zero attached hydrogens (tertiary/aromatic N) is 5. The Morgan fingerprint density at radius 1 is 0.766 bits per heavy atom. The van der Waals surface area contributed by atoms with E-state index in [1.54, 1.807) is 18.2 Å². The molecule has 1 aliphatic rings. The first-order chi connectivity index (χ1) is 30.0. The molecule has 352 valence electrons. The van der Waals surface area contributed by atoms with Crippen LogP contribution in [0.1, 0.15) is 25.7 Å². The number of aliphatic carboxylic acids is 3. The molecule has 0 aliphatic carbocycles. The third-order valence-electron chi connectivity index (χ3n) is 12.1. The van der Waals surface area contributed by atoms with Gasteiger partial charge in [0, 0.05) is 98.4 Å². The topological polar surface area (TPSA) is 247 Å². The van der Waals surface area contributed by atoms with Gasteiger partial charge in [-0.2, -0.15) is 0 Å². The van der Waals surface area contributed by atoms with Gasteiger partial charge >= 0.3 is 17.9 Å². The summed E-state index contributed by atoms with van der Waals surface area (Å²) in [6, 6.07) is 7.77. The van der Waals surface area contributed by atoms with E-state index in [0.717, 1.165) is 56.9 Å². The summed E-state index contributed by atoms with van der Waals surface area (Å²) in [4.78, 5) is 37.7. The fourth-order valence-electron chi connectivity index (χ4n) is 8.08. The molecule has 2 unspecified atom stereocenters. The van der Waals surface area contributed by atoms with Crippen molar-refractivity contribution >= 4 is 76.0 Å². The molecule has 0 aromatic heterocycles. The maximum absolute atomic E-state index is 14.7. The maximum Gasteiger partial charge on any atom is 0.321 e. The van der Waals surface area contributed by atoms with Gasteiger partial charge in [0.05, 0.1) is 48.8 Å². The molecule has 0 bridgehead atoms. The number of carboxylic acid groups (broad SMARTS) is 3. The van der Waals surface area contributed by atoms with Crippen LogP contribution in [0.4, 0.5) is 5.69 Å². The van der Waals surface area contributed by atoms with E-state index in [0.29, 0.717) is 28.5 Å². The molecule has 4 aromatic carbocycles. The second-order valence-corrected chi connectivity index (χ2v) is 21.1. The SMILES string of the molecule is C=C(O)C(CC(=O)O)NCCCN(C)S(=O)(=O)c1cc(S(=O)(=O)N(C)CCCNC(CC(=O)O)C(=O)O)c2ccc3c(OCC[N+]4(C)CCN(C)CC4)cc(N(C)C)c4ccc1c2c34. The van der Waals surface area contributed by atoms with Gasteiger partial charge in [-0.25, -0.2) is 25.4 Å². The molecule has 5 rings (SSSR count). The summed E-state index contributed by atoms with van der Waals surface area (Å²) in [6.07, 6.45) is -0.799. The molecule has 19 nitrogen and oxygen atoms in total. The van der Waals surface area contributed by atoms with Gasteiger partial charge < -0.3 is 45.2 Å². The number of benzene rings is 4. The van der Waals surface area contributed by atoms with Gasteiger partial charge in [-0.15, -0.1) is 0 Å². The quantitative estimate of drug-likeness (QED) is 0.0242. The van der Waals surface area contributed by atoms with Crippen molar-refractivity contribution in [1.82, 2.24) is 24.1 Å². The molecule has 0 radical (unpaired) electrons. The summed E-state index contributed by atoms with van der Waals surface area (Å²) in [5.41, 5.74) is 0.776. The van der Waals surface area contributed by atoms with Crippen LogP contribution in [0.5, 0.6) is 5.75 Å². The van der Waals surface area contributed by atoms with E-state index in [1.165, 1.54) is 20.2 Å². The van der Waals surface area contributed by atoms with Crippen molar-refractivity contribution in [2.24, 2.45) is 0 Å². The van der Waals surface area contributed by atoms with Gasteiger partial charge in [0.15, 0.2) is 0 Å². The number of quaternary nitrogens is 1. The van der Waals surface area contributed by atoms with E-state index in [-0.39, 0.29) is 65.3 Å². The predicted molar refractivity (Wildman–Crippen MR) is 245 cm³/mol. The molecule has 0 saturated carbocycles. The molecule has 0 amide bonds. The maximum atomic E-state index is 14.7. The third-order valence-corrected chi connectivity index (χ3v) is 15.9. The van der Waals surface area contributed by atoms with Crippen molar-refractivity contribution in [2.75, 3.05) is 113 Å². The Bertz CT molecular complexity index is 2480. The lowest BCUT2D eigenvalue weighted by molar-refractivity contribution is -0.913. The molecular weight excluding hydrogens is 871 g/mol. The normalized spacial score (nSPS) is 15.9. The summed E-state index contributed by atoms with van der Waals surface area (Å²) >= 11 is 0. The molecular formula is C43H62N7O12S2+. The number of rotatable bonds is 25. The summed E-state index contributed by atoms with van der Waals surface area (Å²) in [5, 5.41) is 46.2. The molecule has 64 heavy (non-hydrogen) atoms. The number of hydrogen-bond donors (Lipinski definition) is 6. The number of aliphatic hydroxyl groups is 1. The lowest BCUT2D eigenvalue weighted by Crippen LogP contribution is -2.57. The number of piperazine rings is 1. The number of sulfonamides is 2. The second kappa shape index (κ2) is 20.5. The minimum absolute atomic E-state index is 0.0174. The van der Waals surface area contributed by atoms with Crippen LogP contribution in [0.25, 0.3) is 32.3 Å². The van der Waals surface area contributed by atoms with Gasteiger partial charge in [0.25, 0.3) is 0 Å². The standard InChI is InChI=1S/C43H61N7O12S2/c1-28(51)33(24-39(52)53)44-14-8-16-48(5)63(58,59)37-27-38(64(60,61)49(6)17-9-15-45-34(43(56)57)25-40(54)55)32-13-11-30-36(62-23-22-50(7)20-18-47(4)19-21-50)26-35(46(2)3)29-10-12-31(37)42(32)41(29)30/h10-13,26-27,33-34,44-45H,1,8-9,14-25H2,2-7H3,(H3-,51,52,53,54,55,56,57)/p+1. The largest absolute Gasteiger partial charge is 0.511 e. The smallest absolute Gasteiger partial charge is 0.321 e. The van der Waals surface area contributed by atoms with Crippen LogP contribution in [0.3, 0.4) is 0 Å². The lowest BCUT2D eigenvalue weighted by atomic mass is 9.92. The van der Waals surface area contributed by atoms with Gasteiger partial charge in [-0.1, -0.05) is 24.8 Å². The van der Waals surface area contributed by atoms with E-state index in [2.05, 4.69) is 36.2 Å². The Morgan fingerprint density at radius 3 is 1.72 bits per heavy atom. The van der Waals surface area contributed by atoms with Crippen molar-refractivity contribution in [2.45, 2.75) is 47.6 Å². The number of carbonyl (C=O) groups is 3. The average molecular weight is 933 g/mol. The van der Waals surface area contributed by atoms with Gasteiger partial charge in [0.2, 0.25) is 20.0 Å². The first-order valence-corrected chi connectivity index (χ1v) is 23.9. The zero-order chi connectivity index (χ0) is 47.3. The first kappa shape index (κ1) is 50.1. The van der Waals surface area contributed by atoms with Crippen molar-refractivity contribution < 1.29 is 60.9 Å². The Labute approximate surface area is 374 Å². The molecule has 2 atom stereocenters. The number of ether oxygens (including phenoxy) is 1. The van der Waals surface area contributed by atoms with Crippen molar-refractivity contribution in [3.8, 4) is 5.75 Å². The molecule has 1 heterocycles. The molecule has 6 N–H and O–H groups in total. The number of likely N-dealkylation sites (N-methyl/N-ethyl adjacent to an activating group) is 2. The highest BCUT2D eigenvalue weighted by Gasteiger charge is 2.33. The summed E-state index contributed by atoms with van der Waals surface area (Å²) in [7, 11) is 1.91. The van der Waals surface area contributed by atoms with Crippen LogP contribution >= 0.6 is 0 Å². The van der Waals surface area contributed by atoms with Crippen LogP contribution in [-0.2, 0) is 34.4 Å². The highest BCUT2D eigenvalue weighted by molar-refractivity contribution is 7.90. The Balaban J connectivity index is 1.60. The second-order valence-electron chi connectivity index (χ2n) is 17.1. The minimum atomic E-state index is -4.46. The van der Waals surface area contributed by atoms with E-state index in [9.17, 15) is 46.5 Å². The van der Waals surface area contributed by atoms with Crippen LogP contribution < -0.4 is 20.3 Å². The van der Waals surface area contributed by atoms with Crippen molar-refractivity contribution in [1.29, 1.82) is 0 Å². The Kier molecular flexibility index (Phi) is 16.1. The Hall–Kier alpha value is -4.87.